The highest BCUT2D eigenvalue weighted by atomic mass is 79.9. The van der Waals surface area contributed by atoms with Crippen molar-refractivity contribution in [3.63, 3.8) is 0 Å². The van der Waals surface area contributed by atoms with Crippen LogP contribution in [0.3, 0.4) is 0 Å². The summed E-state index contributed by atoms with van der Waals surface area (Å²) in [6.45, 7) is 0.634. The van der Waals surface area contributed by atoms with Gasteiger partial charge in [0.15, 0.2) is 0 Å². The van der Waals surface area contributed by atoms with Crippen LogP contribution in [0.2, 0.25) is 0 Å². The molecule has 0 aliphatic carbocycles. The average Bonchev–Trinajstić information content (AvgIpc) is 2.07. The van der Waals surface area contributed by atoms with Gasteiger partial charge in [0.25, 0.3) is 0 Å². The maximum atomic E-state index is 5.46. The number of aryl methyl sites for hydroxylation is 1. The lowest BCUT2D eigenvalue weighted by molar-refractivity contribution is 1.06. The topological polar surface area (TPSA) is 26.0 Å². The highest BCUT2D eigenvalue weighted by Gasteiger charge is 1.91. The summed E-state index contributed by atoms with van der Waals surface area (Å²) < 4.78 is 0. The van der Waals surface area contributed by atoms with Gasteiger partial charge in [0, 0.05) is 11.9 Å². The molecule has 0 amide bonds. The van der Waals surface area contributed by atoms with E-state index in [1.807, 2.05) is 0 Å². The van der Waals surface area contributed by atoms with Gasteiger partial charge < -0.3 is 5.73 Å². The molecule has 60 valence electrons. The van der Waals surface area contributed by atoms with Crippen molar-refractivity contribution >= 4 is 15.9 Å². The molecule has 11 heavy (non-hydrogen) atoms. The van der Waals surface area contributed by atoms with Crippen molar-refractivity contribution in [1.82, 2.24) is 0 Å². The average molecular weight is 214 g/mol. The standard InChI is InChI=1S/C9H12BrN/c10-6-5-8-1-3-9(7-11)4-2-8/h1-4H,5-7,11H2. The summed E-state index contributed by atoms with van der Waals surface area (Å²) in [5.41, 5.74) is 8.02. The van der Waals surface area contributed by atoms with Crippen LogP contribution in [0.5, 0.6) is 0 Å². The molecule has 0 unspecified atom stereocenters. The smallest absolute Gasteiger partial charge is 0.0178 e. The lowest BCUT2D eigenvalue weighted by Gasteiger charge is -1.99. The lowest BCUT2D eigenvalue weighted by atomic mass is 10.1. The Balaban J connectivity index is 2.66. The van der Waals surface area contributed by atoms with Crippen LogP contribution in [-0.2, 0) is 13.0 Å². The van der Waals surface area contributed by atoms with E-state index in [0.717, 1.165) is 11.8 Å². The number of benzene rings is 1. The first kappa shape index (κ1) is 8.75. The molecule has 0 atom stereocenters. The molecule has 0 aromatic heterocycles. The molecule has 0 aliphatic rings. The van der Waals surface area contributed by atoms with E-state index in [-0.39, 0.29) is 0 Å². The maximum Gasteiger partial charge on any atom is 0.0178 e. The molecule has 0 saturated heterocycles. The van der Waals surface area contributed by atoms with Gasteiger partial charge >= 0.3 is 0 Å². The van der Waals surface area contributed by atoms with Crippen molar-refractivity contribution in [3.8, 4) is 0 Å². The van der Waals surface area contributed by atoms with Crippen LogP contribution < -0.4 is 5.73 Å². The van der Waals surface area contributed by atoms with Gasteiger partial charge in [0.05, 0.1) is 0 Å². The molecule has 1 aromatic rings. The summed E-state index contributed by atoms with van der Waals surface area (Å²) in [4.78, 5) is 0. The largest absolute Gasteiger partial charge is 0.326 e. The van der Waals surface area contributed by atoms with Gasteiger partial charge in [-0.25, -0.2) is 0 Å². The quantitative estimate of drug-likeness (QED) is 0.766. The van der Waals surface area contributed by atoms with Gasteiger partial charge in [-0.2, -0.15) is 0 Å². The SMILES string of the molecule is NCc1ccc(CCBr)cc1. The molecular weight excluding hydrogens is 202 g/mol. The first-order valence-corrected chi connectivity index (χ1v) is 4.83. The van der Waals surface area contributed by atoms with Crippen LogP contribution in [0.25, 0.3) is 0 Å². The Bertz CT molecular complexity index is 205. The molecule has 2 heteroatoms. The Morgan fingerprint density at radius 2 is 1.64 bits per heavy atom. The number of rotatable bonds is 3. The van der Waals surface area contributed by atoms with Crippen molar-refractivity contribution < 1.29 is 0 Å². The van der Waals surface area contributed by atoms with Gasteiger partial charge in [-0.1, -0.05) is 40.2 Å². The third-order valence-corrected chi connectivity index (χ3v) is 2.04. The van der Waals surface area contributed by atoms with E-state index in [9.17, 15) is 0 Å². The molecule has 1 nitrogen and oxygen atoms in total. The Kier molecular flexibility index (Phi) is 3.60. The molecule has 0 aliphatic heterocycles. The number of nitrogens with two attached hydrogens (primary N) is 1. The molecule has 0 spiro atoms. The highest BCUT2D eigenvalue weighted by molar-refractivity contribution is 9.09. The van der Waals surface area contributed by atoms with Gasteiger partial charge in [-0.15, -0.1) is 0 Å². The fourth-order valence-corrected chi connectivity index (χ4v) is 1.41. The zero-order valence-electron chi connectivity index (χ0n) is 6.39. The van der Waals surface area contributed by atoms with Crippen molar-refractivity contribution in [2.75, 3.05) is 5.33 Å². The molecule has 0 heterocycles. The van der Waals surface area contributed by atoms with E-state index in [1.165, 1.54) is 11.1 Å². The van der Waals surface area contributed by atoms with Gasteiger partial charge in [-0.3, -0.25) is 0 Å². The van der Waals surface area contributed by atoms with Crippen LogP contribution in [0, 0.1) is 0 Å². The van der Waals surface area contributed by atoms with E-state index >= 15 is 0 Å². The summed E-state index contributed by atoms with van der Waals surface area (Å²) in [5, 5.41) is 1.02. The van der Waals surface area contributed by atoms with Crippen molar-refractivity contribution in [1.29, 1.82) is 0 Å². The van der Waals surface area contributed by atoms with Crippen LogP contribution >= 0.6 is 15.9 Å². The summed E-state index contributed by atoms with van der Waals surface area (Å²) >= 11 is 3.40. The van der Waals surface area contributed by atoms with Gasteiger partial charge in [0.1, 0.15) is 0 Å². The monoisotopic (exact) mass is 213 g/mol. The third-order valence-electron chi connectivity index (χ3n) is 1.64. The molecular formula is C9H12BrN. The first-order valence-electron chi connectivity index (χ1n) is 3.70. The Morgan fingerprint density at radius 1 is 1.09 bits per heavy atom. The minimum atomic E-state index is 0.634. The molecule has 1 rings (SSSR count). The summed E-state index contributed by atoms with van der Waals surface area (Å²) in [7, 11) is 0. The molecule has 0 saturated carbocycles. The fraction of sp³-hybridized carbons (Fsp3) is 0.333. The number of alkyl halides is 1. The highest BCUT2D eigenvalue weighted by Crippen LogP contribution is 2.05. The lowest BCUT2D eigenvalue weighted by Crippen LogP contribution is -1.96. The van der Waals surface area contributed by atoms with E-state index in [4.69, 9.17) is 5.73 Å². The predicted molar refractivity (Wildman–Crippen MR) is 51.8 cm³/mol. The van der Waals surface area contributed by atoms with Gasteiger partial charge in [-0.05, 0) is 17.5 Å². The zero-order chi connectivity index (χ0) is 8.10. The normalized spacial score (nSPS) is 10.0. The number of hydrogen-bond donors (Lipinski definition) is 1. The van der Waals surface area contributed by atoms with E-state index in [1.54, 1.807) is 0 Å². The van der Waals surface area contributed by atoms with E-state index in [0.29, 0.717) is 6.54 Å². The van der Waals surface area contributed by atoms with Crippen molar-refractivity contribution in [3.05, 3.63) is 35.4 Å². The molecule has 0 radical (unpaired) electrons. The Hall–Kier alpha value is -0.340. The van der Waals surface area contributed by atoms with Gasteiger partial charge in [0.2, 0.25) is 0 Å². The van der Waals surface area contributed by atoms with Crippen LogP contribution in [-0.4, -0.2) is 5.33 Å². The summed E-state index contributed by atoms with van der Waals surface area (Å²) in [5.74, 6) is 0. The second-order valence-corrected chi connectivity index (χ2v) is 3.25. The predicted octanol–water partition coefficient (Wildman–Crippen LogP) is 2.08. The first-order chi connectivity index (χ1) is 5.36. The Labute approximate surface area is 75.7 Å². The molecule has 1 aromatic carbocycles. The van der Waals surface area contributed by atoms with E-state index < -0.39 is 0 Å². The molecule has 2 N–H and O–H groups in total. The van der Waals surface area contributed by atoms with Crippen LogP contribution in [0.4, 0.5) is 0 Å². The molecule has 0 bridgehead atoms. The van der Waals surface area contributed by atoms with Crippen molar-refractivity contribution in [2.45, 2.75) is 13.0 Å². The van der Waals surface area contributed by atoms with Crippen LogP contribution in [0.15, 0.2) is 24.3 Å². The number of hydrogen-bond acceptors (Lipinski definition) is 1. The van der Waals surface area contributed by atoms with E-state index in [2.05, 4.69) is 40.2 Å². The maximum absolute atomic E-state index is 5.46. The summed E-state index contributed by atoms with van der Waals surface area (Å²) in [6.07, 6.45) is 1.09. The number of halogens is 1. The zero-order valence-corrected chi connectivity index (χ0v) is 7.97. The second kappa shape index (κ2) is 4.52. The van der Waals surface area contributed by atoms with Crippen LogP contribution in [0.1, 0.15) is 11.1 Å². The second-order valence-electron chi connectivity index (χ2n) is 2.46. The Morgan fingerprint density at radius 3 is 2.09 bits per heavy atom. The summed E-state index contributed by atoms with van der Waals surface area (Å²) in [6, 6.07) is 8.42. The third kappa shape index (κ3) is 2.64. The fourth-order valence-electron chi connectivity index (χ4n) is 0.951. The minimum Gasteiger partial charge on any atom is -0.326 e. The minimum absolute atomic E-state index is 0.634. The molecule has 0 fully saturated rings. The van der Waals surface area contributed by atoms with Crippen molar-refractivity contribution in [2.24, 2.45) is 5.73 Å².